The highest BCUT2D eigenvalue weighted by Gasteiger charge is 2.27. The van der Waals surface area contributed by atoms with Gasteiger partial charge in [0.25, 0.3) is 0 Å². The fourth-order valence-electron chi connectivity index (χ4n) is 1.31. The van der Waals surface area contributed by atoms with Gasteiger partial charge >= 0.3 is 5.97 Å². The second-order valence-corrected chi connectivity index (χ2v) is 4.57. The Balaban J connectivity index is 2.74. The minimum absolute atomic E-state index is 0.281. The van der Waals surface area contributed by atoms with Crippen molar-refractivity contribution in [2.45, 2.75) is 46.6 Å². The van der Waals surface area contributed by atoms with Gasteiger partial charge in [-0.3, -0.25) is 0 Å². The molecule has 0 atom stereocenters. The maximum absolute atomic E-state index is 11.7. The van der Waals surface area contributed by atoms with Crippen molar-refractivity contribution in [1.82, 2.24) is 0 Å². The molecule has 0 aromatic heterocycles. The zero-order valence-corrected chi connectivity index (χ0v) is 10.0. The highest BCUT2D eigenvalue weighted by atomic mass is 16.6. The van der Waals surface area contributed by atoms with Crippen LogP contribution < -0.4 is 0 Å². The molecule has 1 rings (SSSR count). The smallest absolute Gasteiger partial charge is 0.338 e. The Bertz CT molecular complexity index is 329. The Morgan fingerprint density at radius 3 is 2.47 bits per heavy atom. The summed E-state index contributed by atoms with van der Waals surface area (Å²) in [7, 11) is 0. The average Bonchev–Trinajstić information content (AvgIpc) is 2.43. The van der Waals surface area contributed by atoms with E-state index in [0.717, 1.165) is 5.76 Å². The van der Waals surface area contributed by atoms with Crippen LogP contribution in [0.2, 0.25) is 0 Å². The van der Waals surface area contributed by atoms with Crippen LogP contribution in [0.3, 0.4) is 0 Å². The molecule has 0 saturated carbocycles. The van der Waals surface area contributed by atoms with E-state index in [9.17, 15) is 4.79 Å². The average molecular weight is 210 g/mol. The third-order valence-corrected chi connectivity index (χ3v) is 2.03. The lowest BCUT2D eigenvalue weighted by atomic mass is 10.1. The van der Waals surface area contributed by atoms with Crippen LogP contribution in [0, 0.1) is 0 Å². The third-order valence-electron chi connectivity index (χ3n) is 2.03. The topological polar surface area (TPSA) is 35.5 Å². The summed E-state index contributed by atoms with van der Waals surface area (Å²) >= 11 is 0. The highest BCUT2D eigenvalue weighted by Crippen LogP contribution is 2.29. The van der Waals surface area contributed by atoms with Gasteiger partial charge in [-0.1, -0.05) is 0 Å². The summed E-state index contributed by atoms with van der Waals surface area (Å²) in [4.78, 5) is 11.7. The standard InChI is InChI=1S/C12H18O3/c1-6-9-7-10(8(2)14-9)11(13)15-12(3,4)5/h6H,7H2,1-5H3/b9-6-. The molecule has 0 aromatic rings. The van der Waals surface area contributed by atoms with Crippen molar-refractivity contribution in [2.24, 2.45) is 0 Å². The molecule has 1 heterocycles. The molecule has 3 nitrogen and oxygen atoms in total. The molecule has 0 aromatic carbocycles. The zero-order valence-electron chi connectivity index (χ0n) is 10.0. The van der Waals surface area contributed by atoms with E-state index in [1.54, 1.807) is 6.92 Å². The lowest BCUT2D eigenvalue weighted by molar-refractivity contribution is -0.150. The summed E-state index contributed by atoms with van der Waals surface area (Å²) in [5, 5.41) is 0. The monoisotopic (exact) mass is 210 g/mol. The maximum atomic E-state index is 11.7. The first-order valence-electron chi connectivity index (χ1n) is 5.09. The molecular weight excluding hydrogens is 192 g/mol. The quantitative estimate of drug-likeness (QED) is 0.624. The number of ether oxygens (including phenoxy) is 2. The Hall–Kier alpha value is -1.25. The van der Waals surface area contributed by atoms with Crippen LogP contribution >= 0.6 is 0 Å². The number of carbonyl (C=O) groups excluding carboxylic acids is 1. The van der Waals surface area contributed by atoms with E-state index in [1.807, 2.05) is 33.8 Å². The number of allylic oxidation sites excluding steroid dienone is 3. The summed E-state index contributed by atoms with van der Waals surface area (Å²) in [5.74, 6) is 1.18. The Morgan fingerprint density at radius 2 is 2.07 bits per heavy atom. The zero-order chi connectivity index (χ0) is 11.6. The van der Waals surface area contributed by atoms with Crippen LogP contribution in [-0.2, 0) is 14.3 Å². The summed E-state index contributed by atoms with van der Waals surface area (Å²) < 4.78 is 10.7. The minimum atomic E-state index is -0.455. The summed E-state index contributed by atoms with van der Waals surface area (Å²) in [6.45, 7) is 9.24. The summed E-state index contributed by atoms with van der Waals surface area (Å²) in [6, 6.07) is 0. The molecule has 0 saturated heterocycles. The van der Waals surface area contributed by atoms with Gasteiger partial charge in [0.15, 0.2) is 0 Å². The van der Waals surface area contributed by atoms with E-state index >= 15 is 0 Å². The van der Waals surface area contributed by atoms with Crippen molar-refractivity contribution in [1.29, 1.82) is 0 Å². The Kier molecular flexibility index (Phi) is 3.22. The molecule has 0 bridgehead atoms. The second-order valence-electron chi connectivity index (χ2n) is 4.57. The normalized spacial score (nSPS) is 19.4. The lowest BCUT2D eigenvalue weighted by Crippen LogP contribution is -2.24. The van der Waals surface area contributed by atoms with Crippen molar-refractivity contribution in [2.75, 3.05) is 0 Å². The number of carbonyl (C=O) groups is 1. The molecule has 0 amide bonds. The lowest BCUT2D eigenvalue weighted by Gasteiger charge is -2.19. The van der Waals surface area contributed by atoms with E-state index < -0.39 is 5.60 Å². The molecular formula is C12H18O3. The van der Waals surface area contributed by atoms with Gasteiger partial charge in [-0.05, 0) is 40.7 Å². The van der Waals surface area contributed by atoms with Crippen LogP contribution in [-0.4, -0.2) is 11.6 Å². The van der Waals surface area contributed by atoms with Crippen molar-refractivity contribution in [3.63, 3.8) is 0 Å². The fraction of sp³-hybridized carbons (Fsp3) is 0.583. The molecule has 15 heavy (non-hydrogen) atoms. The molecule has 0 aliphatic carbocycles. The van der Waals surface area contributed by atoms with E-state index in [-0.39, 0.29) is 5.97 Å². The predicted octanol–water partition coefficient (Wildman–Crippen LogP) is 2.93. The van der Waals surface area contributed by atoms with Crippen molar-refractivity contribution < 1.29 is 14.3 Å². The number of rotatable bonds is 1. The number of hydrogen-bond acceptors (Lipinski definition) is 3. The molecule has 84 valence electrons. The van der Waals surface area contributed by atoms with Crippen LogP contribution in [0.4, 0.5) is 0 Å². The van der Waals surface area contributed by atoms with Gasteiger partial charge in [0, 0.05) is 6.42 Å². The molecule has 0 spiro atoms. The first-order chi connectivity index (χ1) is 6.83. The number of hydrogen-bond donors (Lipinski definition) is 0. The van der Waals surface area contributed by atoms with Gasteiger partial charge in [0.05, 0.1) is 5.57 Å². The van der Waals surface area contributed by atoms with E-state index in [1.165, 1.54) is 0 Å². The SMILES string of the molecule is C/C=C1/CC(C(=O)OC(C)(C)C)=C(C)O1. The Labute approximate surface area is 90.8 Å². The largest absolute Gasteiger partial charge is 0.466 e. The van der Waals surface area contributed by atoms with Crippen LogP contribution in [0.15, 0.2) is 23.2 Å². The van der Waals surface area contributed by atoms with Gasteiger partial charge in [-0.25, -0.2) is 4.79 Å². The molecule has 0 fully saturated rings. The first kappa shape index (κ1) is 11.8. The van der Waals surface area contributed by atoms with Crippen molar-refractivity contribution in [3.8, 4) is 0 Å². The van der Waals surface area contributed by atoms with Gasteiger partial charge in [-0.15, -0.1) is 0 Å². The van der Waals surface area contributed by atoms with E-state index in [4.69, 9.17) is 9.47 Å². The molecule has 0 N–H and O–H groups in total. The Morgan fingerprint density at radius 1 is 1.47 bits per heavy atom. The highest BCUT2D eigenvalue weighted by molar-refractivity contribution is 5.90. The summed E-state index contributed by atoms with van der Waals surface area (Å²) in [5.41, 5.74) is 0.168. The maximum Gasteiger partial charge on any atom is 0.338 e. The minimum Gasteiger partial charge on any atom is -0.466 e. The van der Waals surface area contributed by atoms with Crippen molar-refractivity contribution in [3.05, 3.63) is 23.2 Å². The fourth-order valence-corrected chi connectivity index (χ4v) is 1.31. The van der Waals surface area contributed by atoms with Crippen LogP contribution in [0.5, 0.6) is 0 Å². The van der Waals surface area contributed by atoms with Crippen LogP contribution in [0.25, 0.3) is 0 Å². The van der Waals surface area contributed by atoms with Gasteiger partial charge < -0.3 is 9.47 Å². The second kappa shape index (κ2) is 4.09. The van der Waals surface area contributed by atoms with E-state index in [0.29, 0.717) is 17.8 Å². The molecule has 0 radical (unpaired) electrons. The van der Waals surface area contributed by atoms with Gasteiger partial charge in [0.1, 0.15) is 17.1 Å². The summed E-state index contributed by atoms with van der Waals surface area (Å²) in [6.07, 6.45) is 2.40. The first-order valence-corrected chi connectivity index (χ1v) is 5.09. The third kappa shape index (κ3) is 3.11. The van der Waals surface area contributed by atoms with E-state index in [2.05, 4.69) is 0 Å². The molecule has 0 unspecified atom stereocenters. The molecule has 1 aliphatic heterocycles. The molecule has 3 heteroatoms. The van der Waals surface area contributed by atoms with Crippen molar-refractivity contribution >= 4 is 5.97 Å². The number of esters is 1. The van der Waals surface area contributed by atoms with Crippen LogP contribution in [0.1, 0.15) is 41.0 Å². The van der Waals surface area contributed by atoms with Gasteiger partial charge in [-0.2, -0.15) is 0 Å². The predicted molar refractivity (Wildman–Crippen MR) is 58.0 cm³/mol. The molecule has 1 aliphatic rings. The van der Waals surface area contributed by atoms with Gasteiger partial charge in [0.2, 0.25) is 0 Å².